The molecular weight excluding hydrogens is 1240 g/mol. The van der Waals surface area contributed by atoms with Crippen LogP contribution in [0.3, 0.4) is 0 Å². The normalized spacial score (nSPS) is 19.0. The molecule has 0 bridgehead atoms. The van der Waals surface area contributed by atoms with Crippen molar-refractivity contribution in [2.75, 3.05) is 81.0 Å². The number of nitrogens with zero attached hydrogens (tertiary/aromatic N) is 8. The number of carbonyl (C=O) groups is 3. The van der Waals surface area contributed by atoms with Gasteiger partial charge < -0.3 is 63.3 Å². The van der Waals surface area contributed by atoms with E-state index in [1.54, 1.807) is 6.92 Å². The molecule has 7 aliphatic heterocycles. The highest BCUT2D eigenvalue weighted by Gasteiger charge is 2.34. The number of anilines is 3. The van der Waals surface area contributed by atoms with Crippen LogP contribution in [-0.4, -0.2) is 136 Å². The number of carbonyl (C=O) groups excluding carboxylic acids is 3. The quantitative estimate of drug-likeness (QED) is 0.0405. The van der Waals surface area contributed by atoms with Gasteiger partial charge in [-0.25, -0.2) is 39.5 Å². The summed E-state index contributed by atoms with van der Waals surface area (Å²) in [6.45, 7) is 17.2. The molecule has 7 aliphatic rings. The number of hydrogen-bond donors (Lipinski definition) is 4. The van der Waals surface area contributed by atoms with Crippen LogP contribution in [0.25, 0.3) is 11.4 Å². The Balaban J connectivity index is 0.000000155. The molecule has 1 aromatic carbocycles. The highest BCUT2D eigenvalue weighted by molar-refractivity contribution is 8.24. The average molecular weight is 1300 g/mol. The first-order valence-electron chi connectivity index (χ1n) is 25.8. The Morgan fingerprint density at radius 2 is 1.18 bits per heavy atom. The van der Waals surface area contributed by atoms with Gasteiger partial charge in [0.25, 0.3) is 5.56 Å². The molecule has 12 rings (SSSR count). The maximum Gasteiger partial charge on any atom is 0.339 e. The van der Waals surface area contributed by atoms with Crippen LogP contribution in [0.15, 0.2) is 33.9 Å². The van der Waals surface area contributed by atoms with E-state index in [0.29, 0.717) is 113 Å². The lowest BCUT2D eigenvalue weighted by Gasteiger charge is -2.35. The minimum atomic E-state index is -3.22. The molecular formula is C50H59Cl6N12O14P. The summed E-state index contributed by atoms with van der Waals surface area (Å²) in [5.41, 5.74) is 7.60. The number of esters is 1. The first-order valence-corrected chi connectivity index (χ1v) is 31.4. The molecule has 3 fully saturated rings. The van der Waals surface area contributed by atoms with Crippen LogP contribution in [0.1, 0.15) is 72.7 Å². The van der Waals surface area contributed by atoms with Crippen molar-refractivity contribution in [1.82, 2.24) is 45.2 Å². The standard InChI is InChI=1S/C20H25N5O3.C11H14ClN3O2.C7H10O4.C6H4Cl2N2O.C6H6N2O3.Cl3OP/c1-3-21-20(26)22-15-6-4-14(5-7-15)18-23-17-12-28-11-16(17)19(24-18)25-8-9-27-10-13(25)2;1-7-4-16-3-2-15(7)10-8-5-17-6-9(8)13-11(12)14-10;1-2-11-7(9)5-3-10-4-6(5)8;7-5-3-1-11-2-4(3)9-6(8)10-5;9-5-3-1-11-2-4(3)7-6(10)8-5;1-5(2,3)4/h4-7,13H,3,8-12H2,1-2H3,(H2,21,22,26);7H,2-6H2,1H3;5H,2-4H2,1H3;1-2H2;1-2H2,(H2,7,8,9,10);/t13-;7-;;;;/m00..../s1. The number of fused-ring (bicyclic) bond motifs is 4. The minimum Gasteiger partial charge on any atom is -0.465 e. The van der Waals surface area contributed by atoms with E-state index in [0.717, 1.165) is 83.0 Å². The van der Waals surface area contributed by atoms with Crippen LogP contribution in [-0.2, 0) is 105 Å². The average Bonchev–Trinajstić information content (AvgIpc) is 4.10. The SMILES string of the molecule is CCNC(=O)Nc1ccc(-c2nc3c(c(N4CCOC[C@@H]4C)n2)COC3)cc1.CCOC(=O)C1COCC1=O.C[C@H]1COCCN1c1nc(Cl)nc2c1COC2.Clc1nc(Cl)c2c(n1)COC2.O=P(Cl)(Cl)Cl.O=c1[nH]c2c(c(=O)[nH]1)COC2. The molecule has 4 N–H and O–H groups in total. The molecule has 5 aromatic rings. The number of nitrogens with one attached hydrogen (secondary N) is 4. The summed E-state index contributed by atoms with van der Waals surface area (Å²) < 4.78 is 51.1. The number of rotatable bonds is 7. The van der Waals surface area contributed by atoms with E-state index >= 15 is 0 Å². The van der Waals surface area contributed by atoms with Crippen molar-refractivity contribution in [2.45, 2.75) is 92.6 Å². The number of amides is 2. The maximum atomic E-state index is 11.7. The van der Waals surface area contributed by atoms with Gasteiger partial charge in [0.15, 0.2) is 11.6 Å². The third-order valence-electron chi connectivity index (χ3n) is 12.7. The van der Waals surface area contributed by atoms with E-state index in [2.05, 4.69) is 103 Å². The van der Waals surface area contributed by atoms with Crippen molar-refractivity contribution in [1.29, 1.82) is 0 Å². The van der Waals surface area contributed by atoms with Gasteiger partial charge in [0, 0.05) is 47.6 Å². The fourth-order valence-electron chi connectivity index (χ4n) is 8.75. The summed E-state index contributed by atoms with van der Waals surface area (Å²) in [4.78, 5) is 90.2. The molecule has 4 aromatic heterocycles. The van der Waals surface area contributed by atoms with Gasteiger partial charge in [-0.2, -0.15) is 0 Å². The lowest BCUT2D eigenvalue weighted by Crippen LogP contribution is -2.44. The number of urea groups is 1. The number of ether oxygens (including phenoxy) is 8. The summed E-state index contributed by atoms with van der Waals surface area (Å²) in [6, 6.07) is 7.90. The monoisotopic (exact) mass is 1290 g/mol. The van der Waals surface area contributed by atoms with Crippen LogP contribution in [0.4, 0.5) is 22.1 Å². The number of halogens is 6. The van der Waals surface area contributed by atoms with Crippen LogP contribution in [0.5, 0.6) is 0 Å². The fraction of sp³-hybridized carbons (Fsp3) is 0.500. The topological polar surface area (TPSA) is 316 Å². The Kier molecular flexibility index (Phi) is 24.7. The second-order valence-corrected chi connectivity index (χ2v) is 26.2. The third kappa shape index (κ3) is 18.9. The Bertz CT molecular complexity index is 3250. The van der Waals surface area contributed by atoms with Crippen molar-refractivity contribution in [3.8, 4) is 11.4 Å². The second-order valence-electron chi connectivity index (χ2n) is 18.6. The Morgan fingerprint density at radius 3 is 1.73 bits per heavy atom. The molecule has 83 heavy (non-hydrogen) atoms. The molecule has 3 atom stereocenters. The summed E-state index contributed by atoms with van der Waals surface area (Å²) in [6.07, 6.45) is 0. The van der Waals surface area contributed by atoms with Crippen molar-refractivity contribution in [2.24, 2.45) is 5.92 Å². The van der Waals surface area contributed by atoms with E-state index < -0.39 is 22.8 Å². The van der Waals surface area contributed by atoms with Crippen molar-refractivity contribution in [3.63, 3.8) is 0 Å². The van der Waals surface area contributed by atoms with Gasteiger partial charge in [0.2, 0.25) is 10.6 Å². The molecule has 33 heteroatoms. The van der Waals surface area contributed by atoms with Crippen LogP contribution in [0.2, 0.25) is 15.7 Å². The highest BCUT2D eigenvalue weighted by Crippen LogP contribution is 2.61. The van der Waals surface area contributed by atoms with Gasteiger partial charge in [0.1, 0.15) is 29.3 Å². The molecule has 0 aliphatic carbocycles. The molecule has 0 radical (unpaired) electrons. The van der Waals surface area contributed by atoms with Crippen LogP contribution >= 0.6 is 73.7 Å². The number of ketones is 1. The largest absolute Gasteiger partial charge is 0.465 e. The molecule has 2 amide bonds. The van der Waals surface area contributed by atoms with Gasteiger partial charge in [-0.05, 0) is 109 Å². The van der Waals surface area contributed by atoms with E-state index in [1.807, 2.05) is 31.2 Å². The number of aromatic nitrogens is 8. The van der Waals surface area contributed by atoms with E-state index in [4.69, 9.17) is 77.9 Å². The lowest BCUT2D eigenvalue weighted by atomic mass is 10.1. The number of morpholine rings is 2. The molecule has 0 saturated carbocycles. The summed E-state index contributed by atoms with van der Waals surface area (Å²) in [5, 5.41) is 3.16. The van der Waals surface area contributed by atoms with Gasteiger partial charge in [-0.15, -0.1) is 0 Å². The predicted molar refractivity (Wildman–Crippen MR) is 307 cm³/mol. The number of H-pyrrole nitrogens is 2. The van der Waals surface area contributed by atoms with Crippen LogP contribution < -0.4 is 31.7 Å². The Morgan fingerprint density at radius 1 is 0.651 bits per heavy atom. The number of Topliss-reactive ketones (excluding diaryl/α,β-unsaturated/α-hetero) is 1. The lowest BCUT2D eigenvalue weighted by molar-refractivity contribution is -0.150. The first-order chi connectivity index (χ1) is 39.7. The molecule has 450 valence electrons. The van der Waals surface area contributed by atoms with Gasteiger partial charge in [-0.1, -0.05) is 11.6 Å². The third-order valence-corrected chi connectivity index (χ3v) is 13.4. The number of aromatic amines is 2. The van der Waals surface area contributed by atoms with E-state index in [1.165, 1.54) is 0 Å². The maximum absolute atomic E-state index is 11.7. The Labute approximate surface area is 504 Å². The van der Waals surface area contributed by atoms with Gasteiger partial charge >= 0.3 is 22.9 Å². The highest BCUT2D eigenvalue weighted by atomic mass is 36.0. The molecule has 3 saturated heterocycles. The van der Waals surface area contributed by atoms with Crippen molar-refractivity contribution >= 4 is 109 Å². The summed E-state index contributed by atoms with van der Waals surface area (Å²) >= 11 is 31.1. The smallest absolute Gasteiger partial charge is 0.339 e. The van der Waals surface area contributed by atoms with E-state index in [9.17, 15) is 28.5 Å². The summed E-state index contributed by atoms with van der Waals surface area (Å²) in [7, 11) is 0. The number of benzene rings is 1. The fourth-order valence-corrected chi connectivity index (χ4v) is 9.41. The van der Waals surface area contributed by atoms with Crippen LogP contribution in [0, 0.1) is 5.92 Å². The van der Waals surface area contributed by atoms with Gasteiger partial charge in [0.05, 0.1) is 133 Å². The number of hydrogen-bond acceptors (Lipinski definition) is 22. The molecule has 26 nitrogen and oxygen atoms in total. The minimum absolute atomic E-state index is 0.0451. The zero-order valence-corrected chi connectivity index (χ0v) is 50.7. The van der Waals surface area contributed by atoms with Gasteiger partial charge in [-0.3, -0.25) is 23.9 Å². The van der Waals surface area contributed by atoms with Crippen molar-refractivity contribution < 1.29 is 56.8 Å². The zero-order valence-electron chi connectivity index (χ0n) is 45.3. The Hall–Kier alpha value is -5.16. The molecule has 11 heterocycles. The summed E-state index contributed by atoms with van der Waals surface area (Å²) in [5.74, 6) is 1.21. The molecule has 0 spiro atoms. The van der Waals surface area contributed by atoms with Crippen molar-refractivity contribution in [3.05, 3.63) is 106 Å². The zero-order chi connectivity index (χ0) is 59.8. The van der Waals surface area contributed by atoms with E-state index in [-0.39, 0.29) is 41.9 Å². The second kappa shape index (κ2) is 31.3. The predicted octanol–water partition coefficient (Wildman–Crippen LogP) is 7.41. The first kappa shape index (κ1) is 65.4. The molecule has 1 unspecified atom stereocenters.